The molecule has 0 aliphatic rings. The van der Waals surface area contributed by atoms with Gasteiger partial charge in [0.05, 0.1) is 0 Å². The number of aryl methyl sites for hydroxylation is 1. The predicted octanol–water partition coefficient (Wildman–Crippen LogP) is 5.35. The number of hydrogen-bond acceptors (Lipinski definition) is 2. The lowest BCUT2D eigenvalue weighted by atomic mass is 10.1. The van der Waals surface area contributed by atoms with Gasteiger partial charge in [-0.3, -0.25) is 0 Å². The molecule has 21 heavy (non-hydrogen) atoms. The molecular formula is C17H19BrClNO. The summed E-state index contributed by atoms with van der Waals surface area (Å²) in [6, 6.07) is 11.8. The molecule has 0 aliphatic carbocycles. The Balaban J connectivity index is 2.18. The summed E-state index contributed by atoms with van der Waals surface area (Å²) in [6.07, 6.45) is 1.72. The first-order valence-electron chi connectivity index (χ1n) is 7.00. The van der Waals surface area contributed by atoms with E-state index in [9.17, 15) is 0 Å². The SMILES string of the molecule is CCc1cc(Oc2ccc(CC(C)N)c(Br)c2)ccc1Cl. The Kier molecular flexibility index (Phi) is 5.68. The van der Waals surface area contributed by atoms with Gasteiger partial charge in [0, 0.05) is 15.5 Å². The highest BCUT2D eigenvalue weighted by atomic mass is 79.9. The summed E-state index contributed by atoms with van der Waals surface area (Å²) < 4.78 is 6.91. The molecule has 0 fully saturated rings. The first-order valence-corrected chi connectivity index (χ1v) is 8.17. The standard InChI is InChI=1S/C17H19BrClNO/c1-3-12-9-14(6-7-17(12)19)21-15-5-4-13(8-11(2)20)16(18)10-15/h4-7,9-11H,3,8,20H2,1-2H3. The zero-order chi connectivity index (χ0) is 15.4. The second-order valence-corrected chi connectivity index (χ2v) is 6.40. The maximum atomic E-state index is 6.12. The van der Waals surface area contributed by atoms with Crippen molar-refractivity contribution in [2.75, 3.05) is 0 Å². The van der Waals surface area contributed by atoms with E-state index in [0.29, 0.717) is 0 Å². The molecule has 0 bridgehead atoms. The van der Waals surface area contributed by atoms with E-state index in [4.69, 9.17) is 22.1 Å². The van der Waals surface area contributed by atoms with Gasteiger partial charge in [0.2, 0.25) is 0 Å². The van der Waals surface area contributed by atoms with Crippen LogP contribution in [0.25, 0.3) is 0 Å². The van der Waals surface area contributed by atoms with Crippen molar-refractivity contribution in [1.82, 2.24) is 0 Å². The summed E-state index contributed by atoms with van der Waals surface area (Å²) in [5.74, 6) is 1.59. The predicted molar refractivity (Wildman–Crippen MR) is 92.4 cm³/mol. The summed E-state index contributed by atoms with van der Waals surface area (Å²) in [5, 5.41) is 0.776. The van der Waals surface area contributed by atoms with Crippen molar-refractivity contribution in [1.29, 1.82) is 0 Å². The molecule has 2 nitrogen and oxygen atoms in total. The first-order chi connectivity index (χ1) is 9.99. The van der Waals surface area contributed by atoms with Gasteiger partial charge in [-0.15, -0.1) is 0 Å². The lowest BCUT2D eigenvalue weighted by Gasteiger charge is -2.11. The van der Waals surface area contributed by atoms with Gasteiger partial charge in [-0.25, -0.2) is 0 Å². The highest BCUT2D eigenvalue weighted by Gasteiger charge is 2.07. The van der Waals surface area contributed by atoms with Crippen LogP contribution in [0.4, 0.5) is 0 Å². The van der Waals surface area contributed by atoms with Crippen molar-refractivity contribution in [3.8, 4) is 11.5 Å². The van der Waals surface area contributed by atoms with Crippen LogP contribution in [-0.4, -0.2) is 6.04 Å². The van der Waals surface area contributed by atoms with Gasteiger partial charge < -0.3 is 10.5 Å². The third-order valence-electron chi connectivity index (χ3n) is 3.20. The molecule has 0 saturated carbocycles. The van der Waals surface area contributed by atoms with Gasteiger partial charge in [-0.05, 0) is 61.2 Å². The summed E-state index contributed by atoms with van der Waals surface area (Å²) in [7, 11) is 0. The monoisotopic (exact) mass is 367 g/mol. The molecule has 4 heteroatoms. The molecule has 2 N–H and O–H groups in total. The molecule has 2 aromatic rings. The Morgan fingerprint density at radius 1 is 1.14 bits per heavy atom. The van der Waals surface area contributed by atoms with Crippen LogP contribution in [0.3, 0.4) is 0 Å². The van der Waals surface area contributed by atoms with Gasteiger partial charge in [-0.2, -0.15) is 0 Å². The molecule has 0 aliphatic heterocycles. The Labute approximate surface area is 139 Å². The molecule has 2 rings (SSSR count). The van der Waals surface area contributed by atoms with E-state index in [-0.39, 0.29) is 6.04 Å². The molecule has 0 radical (unpaired) electrons. The average molecular weight is 369 g/mol. The largest absolute Gasteiger partial charge is 0.457 e. The highest BCUT2D eigenvalue weighted by Crippen LogP contribution is 2.30. The van der Waals surface area contributed by atoms with E-state index in [1.165, 1.54) is 5.56 Å². The maximum absolute atomic E-state index is 6.12. The summed E-state index contributed by atoms with van der Waals surface area (Å²) in [4.78, 5) is 0. The number of hydrogen-bond donors (Lipinski definition) is 1. The van der Waals surface area contributed by atoms with Gasteiger partial charge in [0.1, 0.15) is 11.5 Å². The molecule has 0 spiro atoms. The van der Waals surface area contributed by atoms with Crippen LogP contribution in [0.5, 0.6) is 11.5 Å². The molecule has 0 saturated heterocycles. The summed E-state index contributed by atoms with van der Waals surface area (Å²) in [5.41, 5.74) is 8.10. The number of nitrogens with two attached hydrogens (primary N) is 1. The fourth-order valence-corrected chi connectivity index (χ4v) is 2.90. The molecular weight excluding hydrogens is 350 g/mol. The second kappa shape index (κ2) is 7.30. The molecule has 112 valence electrons. The highest BCUT2D eigenvalue weighted by molar-refractivity contribution is 9.10. The lowest BCUT2D eigenvalue weighted by Crippen LogP contribution is -2.17. The fourth-order valence-electron chi connectivity index (χ4n) is 2.13. The Morgan fingerprint density at radius 3 is 2.43 bits per heavy atom. The third kappa shape index (κ3) is 4.47. The minimum absolute atomic E-state index is 0.136. The maximum Gasteiger partial charge on any atom is 0.128 e. The molecule has 1 atom stereocenters. The normalized spacial score (nSPS) is 12.2. The molecule has 0 heterocycles. The summed E-state index contributed by atoms with van der Waals surface area (Å²) in [6.45, 7) is 4.07. The van der Waals surface area contributed by atoms with E-state index >= 15 is 0 Å². The zero-order valence-corrected chi connectivity index (χ0v) is 14.5. The van der Waals surface area contributed by atoms with Gasteiger partial charge in [0.25, 0.3) is 0 Å². The number of ether oxygens (including phenoxy) is 1. The minimum atomic E-state index is 0.136. The van der Waals surface area contributed by atoms with Crippen molar-refractivity contribution in [2.45, 2.75) is 32.7 Å². The first kappa shape index (κ1) is 16.3. The van der Waals surface area contributed by atoms with Crippen LogP contribution in [0.15, 0.2) is 40.9 Å². The number of halogens is 2. The van der Waals surface area contributed by atoms with Crippen molar-refractivity contribution >= 4 is 27.5 Å². The van der Waals surface area contributed by atoms with Gasteiger partial charge in [0.15, 0.2) is 0 Å². The fraction of sp³-hybridized carbons (Fsp3) is 0.294. The van der Waals surface area contributed by atoms with Crippen LogP contribution >= 0.6 is 27.5 Å². The molecule has 1 unspecified atom stereocenters. The quantitative estimate of drug-likeness (QED) is 0.772. The second-order valence-electron chi connectivity index (χ2n) is 5.14. The van der Waals surface area contributed by atoms with Crippen molar-refractivity contribution < 1.29 is 4.74 Å². The topological polar surface area (TPSA) is 35.2 Å². The molecule has 2 aromatic carbocycles. The van der Waals surface area contributed by atoms with E-state index < -0.39 is 0 Å². The Hall–Kier alpha value is -1.03. The van der Waals surface area contributed by atoms with E-state index in [1.807, 2.05) is 43.3 Å². The molecule has 0 aromatic heterocycles. The van der Waals surface area contributed by atoms with Crippen molar-refractivity contribution in [2.24, 2.45) is 5.73 Å². The van der Waals surface area contributed by atoms with Crippen LogP contribution in [0, 0.1) is 0 Å². The van der Waals surface area contributed by atoms with Crippen molar-refractivity contribution in [3.63, 3.8) is 0 Å². The summed E-state index contributed by atoms with van der Waals surface area (Å²) >= 11 is 9.69. The number of benzene rings is 2. The van der Waals surface area contributed by atoms with E-state index in [0.717, 1.165) is 39.4 Å². The Bertz CT molecular complexity index is 628. The van der Waals surface area contributed by atoms with Gasteiger partial charge in [-0.1, -0.05) is 40.5 Å². The third-order valence-corrected chi connectivity index (χ3v) is 4.31. The van der Waals surface area contributed by atoms with Crippen LogP contribution < -0.4 is 10.5 Å². The van der Waals surface area contributed by atoms with Crippen LogP contribution in [-0.2, 0) is 12.8 Å². The minimum Gasteiger partial charge on any atom is -0.457 e. The Morgan fingerprint density at radius 2 is 1.81 bits per heavy atom. The molecule has 0 amide bonds. The van der Waals surface area contributed by atoms with Gasteiger partial charge >= 0.3 is 0 Å². The van der Waals surface area contributed by atoms with Crippen molar-refractivity contribution in [3.05, 3.63) is 57.0 Å². The van der Waals surface area contributed by atoms with E-state index in [1.54, 1.807) is 0 Å². The zero-order valence-electron chi connectivity index (χ0n) is 12.2. The van der Waals surface area contributed by atoms with E-state index in [2.05, 4.69) is 22.9 Å². The lowest BCUT2D eigenvalue weighted by molar-refractivity contribution is 0.481. The average Bonchev–Trinajstić information content (AvgIpc) is 2.43. The number of rotatable bonds is 5. The van der Waals surface area contributed by atoms with Crippen LogP contribution in [0.2, 0.25) is 5.02 Å². The smallest absolute Gasteiger partial charge is 0.128 e. The van der Waals surface area contributed by atoms with Crippen LogP contribution in [0.1, 0.15) is 25.0 Å².